The normalized spacial score (nSPS) is 14.5. The van der Waals surface area contributed by atoms with E-state index >= 15 is 0 Å². The second-order valence-electron chi connectivity index (χ2n) is 9.39. The summed E-state index contributed by atoms with van der Waals surface area (Å²) in [6, 6.07) is 18.3. The van der Waals surface area contributed by atoms with Crippen molar-refractivity contribution in [3.63, 3.8) is 0 Å². The number of halogens is 2. The van der Waals surface area contributed by atoms with Crippen molar-refractivity contribution in [3.05, 3.63) is 101 Å². The summed E-state index contributed by atoms with van der Waals surface area (Å²) in [5, 5.41) is 5.55. The molecule has 1 saturated heterocycles. The molecule has 0 aromatic heterocycles. The smallest absolute Gasteiger partial charge is 0.243 e. The third-order valence-corrected chi connectivity index (χ3v) is 6.84. The molecule has 6 nitrogen and oxygen atoms in total. The van der Waals surface area contributed by atoms with Gasteiger partial charge in [0.1, 0.15) is 11.6 Å². The fourth-order valence-corrected chi connectivity index (χ4v) is 4.60. The number of nitrogens with one attached hydrogen (secondary N) is 2. The Balaban J connectivity index is 1.30. The van der Waals surface area contributed by atoms with E-state index in [-0.39, 0.29) is 42.6 Å². The number of hydrogen-bond acceptors (Lipinski definition) is 4. The van der Waals surface area contributed by atoms with Crippen LogP contribution in [-0.2, 0) is 9.59 Å². The Morgan fingerprint density at radius 1 is 0.811 bits per heavy atom. The van der Waals surface area contributed by atoms with Crippen molar-refractivity contribution in [2.24, 2.45) is 0 Å². The summed E-state index contributed by atoms with van der Waals surface area (Å²) in [5.74, 6) is -1.09. The summed E-state index contributed by atoms with van der Waals surface area (Å²) in [5.41, 5.74) is 4.68. The third kappa shape index (κ3) is 6.99. The first kappa shape index (κ1) is 26.4. The molecule has 1 heterocycles. The quantitative estimate of drug-likeness (QED) is 0.484. The van der Waals surface area contributed by atoms with E-state index in [2.05, 4.69) is 15.5 Å². The standard InChI is InChI=1S/C29H32F2N4O2/c1-20-4-3-5-26(21(20)2)33-27(36)18-32-28(37)19-34-14-16-35(17-15-34)29(22-6-10-24(30)11-7-22)23-8-12-25(31)13-9-23/h3-13,29H,14-19H2,1-2H3,(H,32,37)(H,33,36). The van der Waals surface area contributed by atoms with Crippen LogP contribution in [0.4, 0.5) is 14.5 Å². The van der Waals surface area contributed by atoms with Gasteiger partial charge in [-0.1, -0.05) is 36.4 Å². The lowest BCUT2D eigenvalue weighted by molar-refractivity contribution is -0.125. The van der Waals surface area contributed by atoms with Crippen molar-refractivity contribution in [2.75, 3.05) is 44.6 Å². The molecule has 1 aliphatic heterocycles. The molecular formula is C29H32F2N4O2. The molecule has 0 saturated carbocycles. The molecule has 0 atom stereocenters. The van der Waals surface area contributed by atoms with Crippen molar-refractivity contribution in [1.82, 2.24) is 15.1 Å². The minimum Gasteiger partial charge on any atom is -0.346 e. The van der Waals surface area contributed by atoms with Crippen LogP contribution in [0.15, 0.2) is 66.7 Å². The number of amides is 2. The Morgan fingerprint density at radius 2 is 1.38 bits per heavy atom. The predicted octanol–water partition coefficient (Wildman–Crippen LogP) is 4.04. The molecular weight excluding hydrogens is 474 g/mol. The number of carbonyl (C=O) groups is 2. The van der Waals surface area contributed by atoms with Crippen LogP contribution in [0.3, 0.4) is 0 Å². The monoisotopic (exact) mass is 506 g/mol. The molecule has 0 radical (unpaired) electrons. The maximum atomic E-state index is 13.5. The third-order valence-electron chi connectivity index (χ3n) is 6.84. The first-order valence-electron chi connectivity index (χ1n) is 12.4. The fourth-order valence-electron chi connectivity index (χ4n) is 4.60. The number of carbonyl (C=O) groups excluding carboxylic acids is 2. The highest BCUT2D eigenvalue weighted by molar-refractivity contribution is 5.95. The van der Waals surface area contributed by atoms with E-state index in [4.69, 9.17) is 0 Å². The van der Waals surface area contributed by atoms with E-state index < -0.39 is 0 Å². The van der Waals surface area contributed by atoms with Gasteiger partial charge in [-0.15, -0.1) is 0 Å². The molecule has 3 aromatic carbocycles. The molecule has 2 N–H and O–H groups in total. The number of piperazine rings is 1. The molecule has 8 heteroatoms. The van der Waals surface area contributed by atoms with Crippen LogP contribution >= 0.6 is 0 Å². The molecule has 0 bridgehead atoms. The van der Waals surface area contributed by atoms with Gasteiger partial charge < -0.3 is 10.6 Å². The van der Waals surface area contributed by atoms with Gasteiger partial charge in [-0.2, -0.15) is 0 Å². The zero-order valence-corrected chi connectivity index (χ0v) is 21.1. The Labute approximate surface area is 216 Å². The van der Waals surface area contributed by atoms with Gasteiger partial charge in [-0.05, 0) is 66.4 Å². The molecule has 3 aromatic rings. The molecule has 0 aliphatic carbocycles. The first-order chi connectivity index (χ1) is 17.8. The summed E-state index contributed by atoms with van der Waals surface area (Å²) in [6.45, 7) is 6.70. The average molecular weight is 507 g/mol. The summed E-state index contributed by atoms with van der Waals surface area (Å²) in [7, 11) is 0. The number of anilines is 1. The molecule has 37 heavy (non-hydrogen) atoms. The number of benzene rings is 3. The maximum Gasteiger partial charge on any atom is 0.243 e. The van der Waals surface area contributed by atoms with Crippen LogP contribution in [0.25, 0.3) is 0 Å². The number of nitrogens with zero attached hydrogens (tertiary/aromatic N) is 2. The van der Waals surface area contributed by atoms with E-state index in [1.165, 1.54) is 24.3 Å². The second kappa shape index (κ2) is 12.1. The molecule has 1 fully saturated rings. The van der Waals surface area contributed by atoms with E-state index in [0.29, 0.717) is 26.2 Å². The van der Waals surface area contributed by atoms with Crippen LogP contribution in [0.5, 0.6) is 0 Å². The first-order valence-corrected chi connectivity index (χ1v) is 12.4. The zero-order valence-electron chi connectivity index (χ0n) is 21.1. The Morgan fingerprint density at radius 3 is 1.95 bits per heavy atom. The molecule has 2 amide bonds. The van der Waals surface area contributed by atoms with Gasteiger partial charge in [0.2, 0.25) is 11.8 Å². The lowest BCUT2D eigenvalue weighted by Gasteiger charge is -2.39. The van der Waals surface area contributed by atoms with Crippen LogP contribution in [0, 0.1) is 25.5 Å². The van der Waals surface area contributed by atoms with Gasteiger partial charge in [0.25, 0.3) is 0 Å². The molecule has 194 valence electrons. The van der Waals surface area contributed by atoms with Gasteiger partial charge in [0, 0.05) is 31.9 Å². The zero-order chi connectivity index (χ0) is 26.4. The Bertz CT molecular complexity index is 1180. The maximum absolute atomic E-state index is 13.5. The summed E-state index contributed by atoms with van der Waals surface area (Å²) < 4.78 is 27.1. The lowest BCUT2D eigenvalue weighted by Crippen LogP contribution is -2.50. The van der Waals surface area contributed by atoms with Crippen molar-refractivity contribution in [1.29, 1.82) is 0 Å². The Kier molecular flexibility index (Phi) is 8.63. The summed E-state index contributed by atoms with van der Waals surface area (Å²) >= 11 is 0. The highest BCUT2D eigenvalue weighted by Crippen LogP contribution is 2.30. The van der Waals surface area contributed by atoms with Crippen molar-refractivity contribution in [2.45, 2.75) is 19.9 Å². The van der Waals surface area contributed by atoms with E-state index in [1.807, 2.05) is 36.9 Å². The van der Waals surface area contributed by atoms with Crippen molar-refractivity contribution >= 4 is 17.5 Å². The van der Waals surface area contributed by atoms with Gasteiger partial charge in [-0.3, -0.25) is 19.4 Å². The predicted molar refractivity (Wildman–Crippen MR) is 140 cm³/mol. The highest BCUT2D eigenvalue weighted by Gasteiger charge is 2.27. The summed E-state index contributed by atoms with van der Waals surface area (Å²) in [4.78, 5) is 29.1. The van der Waals surface area contributed by atoms with Crippen LogP contribution in [0.2, 0.25) is 0 Å². The lowest BCUT2D eigenvalue weighted by atomic mass is 9.96. The van der Waals surface area contributed by atoms with Gasteiger partial charge in [0.15, 0.2) is 0 Å². The Hall–Kier alpha value is -3.62. The SMILES string of the molecule is Cc1cccc(NC(=O)CNC(=O)CN2CCN(C(c3ccc(F)cc3)c3ccc(F)cc3)CC2)c1C. The van der Waals surface area contributed by atoms with Crippen LogP contribution in [0.1, 0.15) is 28.3 Å². The molecule has 4 rings (SSSR count). The highest BCUT2D eigenvalue weighted by atomic mass is 19.1. The topological polar surface area (TPSA) is 64.7 Å². The number of rotatable bonds is 8. The summed E-state index contributed by atoms with van der Waals surface area (Å²) in [6.07, 6.45) is 0. The molecule has 0 spiro atoms. The minimum atomic E-state index is -0.305. The minimum absolute atomic E-state index is 0.0939. The van der Waals surface area contributed by atoms with Crippen molar-refractivity contribution in [3.8, 4) is 0 Å². The number of aryl methyl sites for hydroxylation is 1. The van der Waals surface area contributed by atoms with Gasteiger partial charge in [-0.25, -0.2) is 8.78 Å². The van der Waals surface area contributed by atoms with E-state index in [0.717, 1.165) is 27.9 Å². The molecule has 1 aliphatic rings. The number of hydrogen-bond donors (Lipinski definition) is 2. The van der Waals surface area contributed by atoms with Gasteiger partial charge in [0.05, 0.1) is 19.1 Å². The van der Waals surface area contributed by atoms with Crippen molar-refractivity contribution < 1.29 is 18.4 Å². The van der Waals surface area contributed by atoms with E-state index in [1.54, 1.807) is 24.3 Å². The average Bonchev–Trinajstić information content (AvgIpc) is 2.89. The largest absolute Gasteiger partial charge is 0.346 e. The second-order valence-corrected chi connectivity index (χ2v) is 9.39. The van der Waals surface area contributed by atoms with Gasteiger partial charge >= 0.3 is 0 Å². The fraction of sp³-hybridized carbons (Fsp3) is 0.310. The molecule has 0 unspecified atom stereocenters. The van der Waals surface area contributed by atoms with Crippen LogP contribution < -0.4 is 10.6 Å². The van der Waals surface area contributed by atoms with E-state index in [9.17, 15) is 18.4 Å². The van der Waals surface area contributed by atoms with Crippen LogP contribution in [-0.4, -0.2) is 60.9 Å².